The number of methoxy groups -OCH3 is 1. The van der Waals surface area contributed by atoms with E-state index in [-0.39, 0.29) is 24.8 Å². The van der Waals surface area contributed by atoms with Crippen molar-refractivity contribution in [3.05, 3.63) is 70.4 Å². The Bertz CT molecular complexity index is 976. The molecule has 1 N–H and O–H groups in total. The molecule has 1 atom stereocenters. The standard InChI is InChI=1S/C22H23ClN2O5/c1-4-29-21(26)19-16(13-30-18-12-8-6-10-15(18)23)25(2)22(27)24-20(19)14-9-5-7-11-17(14)28-3/h5-12,20H,4,13H2,1-3H3,(H,24,27)/t20-/m0/s1. The number of esters is 1. The van der Waals surface area contributed by atoms with Crippen LogP contribution in [0.5, 0.6) is 11.5 Å². The van der Waals surface area contributed by atoms with E-state index in [0.717, 1.165) is 0 Å². The Balaban J connectivity index is 2.08. The number of halogens is 1. The number of para-hydroxylation sites is 2. The number of carbonyl (C=O) groups is 2. The fourth-order valence-electron chi connectivity index (χ4n) is 3.23. The predicted molar refractivity (Wildman–Crippen MR) is 113 cm³/mol. The molecule has 0 aliphatic carbocycles. The second kappa shape index (κ2) is 9.54. The van der Waals surface area contributed by atoms with Crippen LogP contribution >= 0.6 is 11.6 Å². The summed E-state index contributed by atoms with van der Waals surface area (Å²) in [5.41, 5.74) is 1.29. The fourth-order valence-corrected chi connectivity index (χ4v) is 3.42. The lowest BCUT2D eigenvalue weighted by molar-refractivity contribution is -0.139. The van der Waals surface area contributed by atoms with Gasteiger partial charge < -0.3 is 19.5 Å². The van der Waals surface area contributed by atoms with E-state index >= 15 is 0 Å². The van der Waals surface area contributed by atoms with Gasteiger partial charge in [-0.05, 0) is 25.1 Å². The molecule has 1 aliphatic heterocycles. The highest BCUT2D eigenvalue weighted by Gasteiger charge is 2.38. The van der Waals surface area contributed by atoms with Crippen molar-refractivity contribution in [3.8, 4) is 11.5 Å². The summed E-state index contributed by atoms with van der Waals surface area (Å²) < 4.78 is 16.6. The molecule has 0 unspecified atom stereocenters. The summed E-state index contributed by atoms with van der Waals surface area (Å²) in [6.45, 7) is 1.87. The molecule has 0 spiro atoms. The van der Waals surface area contributed by atoms with Crippen molar-refractivity contribution in [2.24, 2.45) is 0 Å². The molecule has 1 aliphatic rings. The number of likely N-dealkylation sites (N-methyl/N-ethyl adjacent to an activating group) is 1. The Kier molecular flexibility index (Phi) is 6.84. The highest BCUT2D eigenvalue weighted by molar-refractivity contribution is 6.32. The van der Waals surface area contributed by atoms with Crippen LogP contribution in [0.25, 0.3) is 0 Å². The Morgan fingerprint density at radius 2 is 1.80 bits per heavy atom. The summed E-state index contributed by atoms with van der Waals surface area (Å²) in [5, 5.41) is 3.28. The third-order valence-electron chi connectivity index (χ3n) is 4.72. The molecule has 2 amide bonds. The monoisotopic (exact) mass is 430 g/mol. The average Bonchev–Trinajstić information content (AvgIpc) is 2.75. The van der Waals surface area contributed by atoms with Gasteiger partial charge in [-0.3, -0.25) is 4.90 Å². The maximum Gasteiger partial charge on any atom is 0.338 e. The zero-order valence-electron chi connectivity index (χ0n) is 17.0. The van der Waals surface area contributed by atoms with Crippen LogP contribution in [-0.4, -0.2) is 44.3 Å². The van der Waals surface area contributed by atoms with E-state index in [2.05, 4.69) is 5.32 Å². The van der Waals surface area contributed by atoms with Crippen LogP contribution in [0, 0.1) is 0 Å². The summed E-state index contributed by atoms with van der Waals surface area (Å²) in [6, 6.07) is 13.0. The molecular formula is C22H23ClN2O5. The van der Waals surface area contributed by atoms with Gasteiger partial charge in [0.1, 0.15) is 18.1 Å². The smallest absolute Gasteiger partial charge is 0.338 e. The van der Waals surface area contributed by atoms with Gasteiger partial charge in [0.05, 0.1) is 36.1 Å². The molecule has 2 aromatic rings. The molecule has 0 saturated carbocycles. The van der Waals surface area contributed by atoms with Crippen LogP contribution in [0.2, 0.25) is 5.02 Å². The summed E-state index contributed by atoms with van der Waals surface area (Å²) >= 11 is 6.18. The van der Waals surface area contributed by atoms with Crippen molar-refractivity contribution in [2.75, 3.05) is 27.4 Å². The zero-order valence-corrected chi connectivity index (χ0v) is 17.7. The Morgan fingerprint density at radius 3 is 2.47 bits per heavy atom. The first-order valence-electron chi connectivity index (χ1n) is 9.42. The molecule has 3 rings (SSSR count). The Labute approximate surface area is 180 Å². The van der Waals surface area contributed by atoms with E-state index in [1.165, 1.54) is 12.0 Å². The summed E-state index contributed by atoms with van der Waals surface area (Å²) in [6.07, 6.45) is 0. The van der Waals surface area contributed by atoms with Gasteiger partial charge in [-0.2, -0.15) is 0 Å². The number of hydrogen-bond donors (Lipinski definition) is 1. The number of amides is 2. The normalized spacial score (nSPS) is 16.2. The summed E-state index contributed by atoms with van der Waals surface area (Å²) in [4.78, 5) is 27.0. The summed E-state index contributed by atoms with van der Waals surface area (Å²) in [7, 11) is 3.10. The third kappa shape index (κ3) is 4.36. The number of benzene rings is 2. The van der Waals surface area contributed by atoms with E-state index in [1.54, 1.807) is 50.4 Å². The quantitative estimate of drug-likeness (QED) is 0.673. The van der Waals surface area contributed by atoms with Gasteiger partial charge in [0.15, 0.2) is 0 Å². The number of carbonyl (C=O) groups excluding carboxylic acids is 2. The van der Waals surface area contributed by atoms with E-state index in [0.29, 0.717) is 27.8 Å². The van der Waals surface area contributed by atoms with Crippen molar-refractivity contribution in [2.45, 2.75) is 13.0 Å². The van der Waals surface area contributed by atoms with Crippen LogP contribution in [0.1, 0.15) is 18.5 Å². The highest BCUT2D eigenvalue weighted by atomic mass is 35.5. The maximum atomic E-state index is 12.9. The van der Waals surface area contributed by atoms with Gasteiger partial charge in [-0.25, -0.2) is 9.59 Å². The highest BCUT2D eigenvalue weighted by Crippen LogP contribution is 2.36. The Hall–Kier alpha value is -3.19. The largest absolute Gasteiger partial charge is 0.496 e. The SMILES string of the molecule is CCOC(=O)C1=C(COc2ccccc2Cl)N(C)C(=O)N[C@H]1c1ccccc1OC. The molecule has 0 saturated heterocycles. The van der Waals surface area contributed by atoms with Crippen LogP contribution < -0.4 is 14.8 Å². The van der Waals surface area contributed by atoms with Crippen LogP contribution in [0.4, 0.5) is 4.79 Å². The van der Waals surface area contributed by atoms with Gasteiger partial charge >= 0.3 is 12.0 Å². The molecule has 1 heterocycles. The minimum Gasteiger partial charge on any atom is -0.496 e. The van der Waals surface area contributed by atoms with Crippen molar-refractivity contribution < 1.29 is 23.8 Å². The minimum absolute atomic E-state index is 0.0482. The minimum atomic E-state index is -0.756. The molecule has 30 heavy (non-hydrogen) atoms. The average molecular weight is 431 g/mol. The number of hydrogen-bond acceptors (Lipinski definition) is 5. The maximum absolute atomic E-state index is 12.9. The molecular weight excluding hydrogens is 408 g/mol. The molecule has 0 radical (unpaired) electrons. The molecule has 2 aromatic carbocycles. The summed E-state index contributed by atoms with van der Waals surface area (Å²) in [5.74, 6) is 0.446. The van der Waals surface area contributed by atoms with Crippen LogP contribution in [0.15, 0.2) is 59.8 Å². The first kappa shape index (κ1) is 21.5. The number of nitrogens with one attached hydrogen (secondary N) is 1. The Morgan fingerprint density at radius 1 is 1.13 bits per heavy atom. The second-order valence-corrected chi connectivity index (χ2v) is 6.89. The topological polar surface area (TPSA) is 77.1 Å². The molecule has 7 nitrogen and oxygen atoms in total. The molecule has 158 valence electrons. The second-order valence-electron chi connectivity index (χ2n) is 6.48. The van der Waals surface area contributed by atoms with Crippen LogP contribution in [0.3, 0.4) is 0 Å². The van der Waals surface area contributed by atoms with E-state index in [1.807, 2.05) is 12.1 Å². The lowest BCUT2D eigenvalue weighted by Gasteiger charge is -2.34. The van der Waals surface area contributed by atoms with Gasteiger partial charge in [0, 0.05) is 12.6 Å². The molecule has 0 bridgehead atoms. The predicted octanol–water partition coefficient (Wildman–Crippen LogP) is 3.94. The van der Waals surface area contributed by atoms with E-state index in [4.69, 9.17) is 25.8 Å². The first-order chi connectivity index (χ1) is 14.5. The zero-order chi connectivity index (χ0) is 21.7. The number of rotatable bonds is 7. The number of ether oxygens (including phenoxy) is 3. The van der Waals surface area contributed by atoms with Gasteiger partial charge in [-0.15, -0.1) is 0 Å². The first-order valence-corrected chi connectivity index (χ1v) is 9.80. The van der Waals surface area contributed by atoms with Gasteiger partial charge in [0.2, 0.25) is 0 Å². The van der Waals surface area contributed by atoms with Gasteiger partial charge in [-0.1, -0.05) is 41.9 Å². The van der Waals surface area contributed by atoms with Crippen molar-refractivity contribution >= 4 is 23.6 Å². The van der Waals surface area contributed by atoms with Gasteiger partial charge in [0.25, 0.3) is 0 Å². The molecule has 0 aromatic heterocycles. The number of urea groups is 1. The van der Waals surface area contributed by atoms with Crippen LogP contribution in [-0.2, 0) is 9.53 Å². The van der Waals surface area contributed by atoms with E-state index in [9.17, 15) is 9.59 Å². The van der Waals surface area contributed by atoms with Crippen molar-refractivity contribution in [1.82, 2.24) is 10.2 Å². The lowest BCUT2D eigenvalue weighted by atomic mass is 9.94. The van der Waals surface area contributed by atoms with E-state index < -0.39 is 12.0 Å². The lowest BCUT2D eigenvalue weighted by Crippen LogP contribution is -2.48. The third-order valence-corrected chi connectivity index (χ3v) is 5.04. The molecule has 8 heteroatoms. The van der Waals surface area contributed by atoms with Crippen molar-refractivity contribution in [3.63, 3.8) is 0 Å². The number of nitrogens with zero attached hydrogens (tertiary/aromatic N) is 1. The van der Waals surface area contributed by atoms with Crippen molar-refractivity contribution in [1.29, 1.82) is 0 Å². The fraction of sp³-hybridized carbons (Fsp3) is 0.273. The molecule has 0 fully saturated rings.